The Labute approximate surface area is 119 Å². The zero-order valence-electron chi connectivity index (χ0n) is 12.6. The van der Waals surface area contributed by atoms with E-state index in [0.29, 0.717) is 25.9 Å². The van der Waals surface area contributed by atoms with Gasteiger partial charge in [-0.25, -0.2) is 9.18 Å². The molecule has 1 N–H and O–H groups in total. The monoisotopic (exact) mass is 289 g/mol. The fourth-order valence-corrected chi connectivity index (χ4v) is 2.43. The van der Waals surface area contributed by atoms with Crippen LogP contribution in [0.3, 0.4) is 0 Å². The van der Waals surface area contributed by atoms with Crippen molar-refractivity contribution in [3.63, 3.8) is 0 Å². The molecule has 1 aliphatic rings. The van der Waals surface area contributed by atoms with Crippen LogP contribution in [0.25, 0.3) is 0 Å². The number of rotatable bonds is 3. The molecule has 0 spiro atoms. The number of carbonyl (C=O) groups is 2. The molecule has 0 aromatic heterocycles. The van der Waals surface area contributed by atoms with E-state index >= 15 is 0 Å². The van der Waals surface area contributed by atoms with Crippen molar-refractivity contribution in [3.05, 3.63) is 0 Å². The van der Waals surface area contributed by atoms with Crippen LogP contribution in [-0.4, -0.2) is 46.4 Å². The smallest absolute Gasteiger partial charge is 0.410 e. The van der Waals surface area contributed by atoms with E-state index in [1.54, 1.807) is 25.7 Å². The summed E-state index contributed by atoms with van der Waals surface area (Å²) in [7, 11) is 0. The number of nitrogens with zero attached hydrogens (tertiary/aromatic N) is 1. The van der Waals surface area contributed by atoms with Gasteiger partial charge >= 0.3 is 12.1 Å². The fraction of sp³-hybridized carbons (Fsp3) is 0.857. The number of carboxylic acid groups (broad SMARTS) is 1. The molecule has 1 amide bonds. The van der Waals surface area contributed by atoms with Crippen LogP contribution in [0.5, 0.6) is 0 Å². The van der Waals surface area contributed by atoms with E-state index in [2.05, 4.69) is 0 Å². The van der Waals surface area contributed by atoms with Crippen molar-refractivity contribution >= 4 is 12.1 Å². The highest BCUT2D eigenvalue weighted by Gasteiger charge is 2.39. The van der Waals surface area contributed by atoms with Crippen molar-refractivity contribution in [1.82, 2.24) is 4.90 Å². The van der Waals surface area contributed by atoms with Gasteiger partial charge in [-0.15, -0.1) is 0 Å². The molecule has 1 fully saturated rings. The van der Waals surface area contributed by atoms with Gasteiger partial charge in [0.05, 0.1) is 6.42 Å². The Balaban J connectivity index is 2.51. The van der Waals surface area contributed by atoms with Crippen LogP contribution in [0.4, 0.5) is 9.18 Å². The molecule has 0 bridgehead atoms. The Morgan fingerprint density at radius 3 is 2.15 bits per heavy atom. The van der Waals surface area contributed by atoms with Crippen LogP contribution in [0.1, 0.15) is 47.0 Å². The number of aliphatic carboxylic acids is 1. The van der Waals surface area contributed by atoms with Gasteiger partial charge in [-0.2, -0.15) is 0 Å². The molecule has 20 heavy (non-hydrogen) atoms. The van der Waals surface area contributed by atoms with Crippen molar-refractivity contribution in [2.45, 2.75) is 58.2 Å². The molecule has 1 saturated heterocycles. The van der Waals surface area contributed by atoms with Crippen molar-refractivity contribution in [3.8, 4) is 0 Å². The van der Waals surface area contributed by atoms with E-state index in [9.17, 15) is 14.0 Å². The molecule has 116 valence electrons. The lowest BCUT2D eigenvalue weighted by molar-refractivity contribution is -0.141. The SMILES string of the molecule is CC(C)(C)OC(=O)N1CCC(C(C)(F)CC(=O)O)CC1. The lowest BCUT2D eigenvalue weighted by Crippen LogP contribution is -2.46. The summed E-state index contributed by atoms with van der Waals surface area (Å²) in [6, 6.07) is 0. The minimum atomic E-state index is -1.73. The highest BCUT2D eigenvalue weighted by Crippen LogP contribution is 2.34. The number of halogens is 1. The normalized spacial score (nSPS) is 20.4. The zero-order valence-corrected chi connectivity index (χ0v) is 12.6. The predicted molar refractivity (Wildman–Crippen MR) is 72.3 cm³/mol. The van der Waals surface area contributed by atoms with E-state index in [0.717, 1.165) is 0 Å². The van der Waals surface area contributed by atoms with Crippen LogP contribution >= 0.6 is 0 Å². The standard InChI is InChI=1S/C14H24FNO4/c1-13(2,3)20-12(19)16-7-5-10(6-8-16)14(4,15)9-11(17)18/h10H,5-9H2,1-4H3,(H,17,18). The topological polar surface area (TPSA) is 66.8 Å². The largest absolute Gasteiger partial charge is 0.481 e. The fourth-order valence-electron chi connectivity index (χ4n) is 2.43. The molecule has 0 aromatic carbocycles. The van der Waals surface area contributed by atoms with Gasteiger partial charge in [0.25, 0.3) is 0 Å². The van der Waals surface area contributed by atoms with Gasteiger partial charge in [0.15, 0.2) is 0 Å². The Morgan fingerprint density at radius 1 is 1.25 bits per heavy atom. The van der Waals surface area contributed by atoms with Gasteiger partial charge < -0.3 is 14.7 Å². The van der Waals surface area contributed by atoms with Gasteiger partial charge in [0.1, 0.15) is 11.3 Å². The maximum absolute atomic E-state index is 14.3. The van der Waals surface area contributed by atoms with E-state index in [-0.39, 0.29) is 5.92 Å². The first-order valence-corrected chi connectivity index (χ1v) is 6.90. The van der Waals surface area contributed by atoms with Gasteiger partial charge in [0, 0.05) is 13.1 Å². The number of ether oxygens (including phenoxy) is 1. The maximum atomic E-state index is 14.3. The Kier molecular flexibility index (Phi) is 5.00. The van der Waals surface area contributed by atoms with Crippen LogP contribution in [0.15, 0.2) is 0 Å². The summed E-state index contributed by atoms with van der Waals surface area (Å²) in [4.78, 5) is 24.1. The van der Waals surface area contributed by atoms with Gasteiger partial charge in [-0.05, 0) is 46.5 Å². The predicted octanol–water partition coefficient (Wildman–Crippen LogP) is 2.84. The van der Waals surface area contributed by atoms with Gasteiger partial charge in [0.2, 0.25) is 0 Å². The molecular formula is C14H24FNO4. The van der Waals surface area contributed by atoms with Crippen LogP contribution in [-0.2, 0) is 9.53 Å². The van der Waals surface area contributed by atoms with Crippen LogP contribution in [0, 0.1) is 5.92 Å². The minimum Gasteiger partial charge on any atom is -0.481 e. The Morgan fingerprint density at radius 2 is 1.75 bits per heavy atom. The summed E-state index contributed by atoms with van der Waals surface area (Å²) in [6.07, 6.45) is 0.0260. The highest BCUT2D eigenvalue weighted by molar-refractivity contribution is 5.69. The summed E-state index contributed by atoms with van der Waals surface area (Å²) < 4.78 is 19.6. The number of likely N-dealkylation sites (tertiary alicyclic amines) is 1. The number of carboxylic acids is 1. The summed E-state index contributed by atoms with van der Waals surface area (Å²) in [5, 5.41) is 8.72. The summed E-state index contributed by atoms with van der Waals surface area (Å²) in [5.74, 6) is -1.47. The first-order valence-electron chi connectivity index (χ1n) is 6.90. The van der Waals surface area contributed by atoms with Gasteiger partial charge in [-0.3, -0.25) is 4.79 Å². The van der Waals surface area contributed by atoms with Crippen molar-refractivity contribution in [1.29, 1.82) is 0 Å². The van der Waals surface area contributed by atoms with E-state index in [1.807, 2.05) is 0 Å². The second-order valence-electron chi connectivity index (χ2n) is 6.59. The number of piperidine rings is 1. The highest BCUT2D eigenvalue weighted by atomic mass is 19.1. The molecule has 5 nitrogen and oxygen atoms in total. The molecule has 1 heterocycles. The second-order valence-corrected chi connectivity index (χ2v) is 6.59. The lowest BCUT2D eigenvalue weighted by Gasteiger charge is -2.37. The van der Waals surface area contributed by atoms with E-state index < -0.39 is 29.8 Å². The van der Waals surface area contributed by atoms with Gasteiger partial charge in [-0.1, -0.05) is 0 Å². The molecule has 1 atom stereocenters. The molecule has 1 aliphatic heterocycles. The number of hydrogen-bond acceptors (Lipinski definition) is 3. The molecule has 1 unspecified atom stereocenters. The first-order chi connectivity index (χ1) is 9.01. The molecule has 1 rings (SSSR count). The second kappa shape index (κ2) is 5.97. The number of hydrogen-bond donors (Lipinski definition) is 1. The quantitative estimate of drug-likeness (QED) is 0.867. The Hall–Kier alpha value is -1.33. The summed E-state index contributed by atoms with van der Waals surface area (Å²) in [5.41, 5.74) is -2.28. The van der Waals surface area contributed by atoms with Crippen molar-refractivity contribution in [2.24, 2.45) is 5.92 Å². The number of carbonyl (C=O) groups excluding carboxylic acids is 1. The average Bonchev–Trinajstić information content (AvgIpc) is 2.25. The zero-order chi connectivity index (χ0) is 15.6. The maximum Gasteiger partial charge on any atom is 0.410 e. The summed E-state index contributed by atoms with van der Waals surface area (Å²) >= 11 is 0. The third kappa shape index (κ3) is 4.98. The molecule has 0 aromatic rings. The number of alkyl halides is 1. The summed E-state index contributed by atoms with van der Waals surface area (Å²) in [6.45, 7) is 7.52. The van der Waals surface area contributed by atoms with Crippen molar-refractivity contribution in [2.75, 3.05) is 13.1 Å². The molecule has 0 saturated carbocycles. The van der Waals surface area contributed by atoms with Crippen molar-refractivity contribution < 1.29 is 23.8 Å². The molecular weight excluding hydrogens is 265 g/mol. The molecule has 0 radical (unpaired) electrons. The average molecular weight is 289 g/mol. The third-order valence-corrected chi connectivity index (χ3v) is 3.49. The molecule has 0 aliphatic carbocycles. The van der Waals surface area contributed by atoms with Crippen LogP contribution < -0.4 is 0 Å². The third-order valence-electron chi connectivity index (χ3n) is 3.49. The van der Waals surface area contributed by atoms with Crippen LogP contribution in [0.2, 0.25) is 0 Å². The lowest BCUT2D eigenvalue weighted by atomic mass is 9.81. The molecule has 6 heteroatoms. The number of amides is 1. The van der Waals surface area contributed by atoms with E-state index in [4.69, 9.17) is 9.84 Å². The minimum absolute atomic E-state index is 0.336. The first kappa shape index (κ1) is 16.7. The Bertz CT molecular complexity index is 368. The van der Waals surface area contributed by atoms with E-state index in [1.165, 1.54) is 6.92 Å².